The van der Waals surface area contributed by atoms with E-state index in [0.29, 0.717) is 13.2 Å². The minimum absolute atomic E-state index is 0.0180. The highest BCUT2D eigenvalue weighted by Gasteiger charge is 2.30. The summed E-state index contributed by atoms with van der Waals surface area (Å²) in [7, 11) is -3.43. The molecule has 1 fully saturated rings. The predicted octanol–water partition coefficient (Wildman–Crippen LogP) is 3.04. The van der Waals surface area contributed by atoms with Crippen LogP contribution in [0, 0.1) is 12.7 Å². The second-order valence-corrected chi connectivity index (χ2v) is 7.92. The van der Waals surface area contributed by atoms with Crippen molar-refractivity contribution in [2.24, 2.45) is 0 Å². The van der Waals surface area contributed by atoms with E-state index in [9.17, 15) is 12.8 Å². The Labute approximate surface area is 141 Å². The first-order valence-electron chi connectivity index (χ1n) is 7.85. The van der Waals surface area contributed by atoms with Crippen LogP contribution >= 0.6 is 0 Å². The molecule has 24 heavy (non-hydrogen) atoms. The molecule has 2 aromatic rings. The van der Waals surface area contributed by atoms with Crippen LogP contribution in [0.4, 0.5) is 4.39 Å². The Morgan fingerprint density at radius 2 is 1.88 bits per heavy atom. The Balaban J connectivity index is 1.76. The van der Waals surface area contributed by atoms with E-state index in [1.165, 1.54) is 16.4 Å². The van der Waals surface area contributed by atoms with Crippen LogP contribution in [0.3, 0.4) is 0 Å². The lowest BCUT2D eigenvalue weighted by Gasteiger charge is -2.32. The van der Waals surface area contributed by atoms with Crippen molar-refractivity contribution in [3.8, 4) is 0 Å². The van der Waals surface area contributed by atoms with E-state index in [4.69, 9.17) is 4.74 Å². The van der Waals surface area contributed by atoms with Gasteiger partial charge in [-0.1, -0.05) is 36.4 Å². The third-order valence-electron chi connectivity index (χ3n) is 4.26. The maximum atomic E-state index is 13.1. The number of nitrogens with zero attached hydrogens (tertiary/aromatic N) is 1. The van der Waals surface area contributed by atoms with Crippen molar-refractivity contribution in [2.45, 2.75) is 18.8 Å². The van der Waals surface area contributed by atoms with Crippen LogP contribution < -0.4 is 0 Å². The average molecular weight is 349 g/mol. The molecule has 0 amide bonds. The Morgan fingerprint density at radius 1 is 1.17 bits per heavy atom. The van der Waals surface area contributed by atoms with E-state index in [0.717, 1.165) is 16.7 Å². The van der Waals surface area contributed by atoms with E-state index in [1.807, 2.05) is 31.2 Å². The maximum absolute atomic E-state index is 13.1. The molecule has 1 heterocycles. The van der Waals surface area contributed by atoms with Crippen molar-refractivity contribution in [3.63, 3.8) is 0 Å². The molecule has 0 radical (unpaired) electrons. The third kappa shape index (κ3) is 3.83. The topological polar surface area (TPSA) is 46.6 Å². The van der Waals surface area contributed by atoms with Crippen LogP contribution in [0.2, 0.25) is 0 Å². The van der Waals surface area contributed by atoms with Crippen molar-refractivity contribution in [1.29, 1.82) is 0 Å². The normalized spacial score (nSPS) is 19.3. The number of ether oxygens (including phenoxy) is 1. The quantitative estimate of drug-likeness (QED) is 0.852. The molecule has 0 saturated carbocycles. The van der Waals surface area contributed by atoms with Gasteiger partial charge in [-0.05, 0) is 35.7 Å². The third-order valence-corrected chi connectivity index (χ3v) is 6.06. The average Bonchev–Trinajstić information content (AvgIpc) is 2.58. The van der Waals surface area contributed by atoms with Gasteiger partial charge in [0.25, 0.3) is 0 Å². The Bertz CT molecular complexity index is 805. The summed E-state index contributed by atoms with van der Waals surface area (Å²) in [5.41, 5.74) is 2.55. The first kappa shape index (κ1) is 17.1. The highest BCUT2D eigenvalue weighted by Crippen LogP contribution is 2.25. The number of aryl methyl sites for hydroxylation is 1. The highest BCUT2D eigenvalue weighted by molar-refractivity contribution is 7.88. The number of halogens is 1. The van der Waals surface area contributed by atoms with Gasteiger partial charge in [0.05, 0.1) is 18.5 Å². The molecule has 0 aliphatic carbocycles. The molecule has 1 atom stereocenters. The van der Waals surface area contributed by atoms with E-state index >= 15 is 0 Å². The molecule has 1 aliphatic rings. The van der Waals surface area contributed by atoms with E-state index in [1.54, 1.807) is 12.1 Å². The van der Waals surface area contributed by atoms with Crippen LogP contribution in [-0.2, 0) is 20.5 Å². The standard InChI is InChI=1S/C18H20FNO3S/c1-14-4-2-3-5-16(14)13-24(21,22)20-10-11-23-18(12-20)15-6-8-17(19)9-7-15/h2-9,18H,10-13H2,1H3. The molecule has 1 unspecified atom stereocenters. The molecule has 0 bridgehead atoms. The van der Waals surface area contributed by atoms with Crippen LogP contribution in [0.5, 0.6) is 0 Å². The van der Waals surface area contributed by atoms with Gasteiger partial charge < -0.3 is 4.74 Å². The smallest absolute Gasteiger partial charge is 0.218 e. The van der Waals surface area contributed by atoms with Gasteiger partial charge in [0.15, 0.2) is 0 Å². The van der Waals surface area contributed by atoms with E-state index in [-0.39, 0.29) is 24.2 Å². The van der Waals surface area contributed by atoms with Gasteiger partial charge in [-0.2, -0.15) is 4.31 Å². The lowest BCUT2D eigenvalue weighted by atomic mass is 10.1. The zero-order chi connectivity index (χ0) is 17.2. The summed E-state index contributed by atoms with van der Waals surface area (Å²) >= 11 is 0. The molecule has 0 aromatic heterocycles. The summed E-state index contributed by atoms with van der Waals surface area (Å²) in [6, 6.07) is 13.5. The Kier molecular flexibility index (Phi) is 4.99. The SMILES string of the molecule is Cc1ccccc1CS(=O)(=O)N1CCOC(c2ccc(F)cc2)C1. The largest absolute Gasteiger partial charge is 0.371 e. The minimum Gasteiger partial charge on any atom is -0.371 e. The summed E-state index contributed by atoms with van der Waals surface area (Å²) in [6.07, 6.45) is -0.369. The van der Waals surface area contributed by atoms with Crippen LogP contribution in [0.25, 0.3) is 0 Å². The first-order valence-corrected chi connectivity index (χ1v) is 9.46. The van der Waals surface area contributed by atoms with Gasteiger partial charge in [0, 0.05) is 13.1 Å². The fraction of sp³-hybridized carbons (Fsp3) is 0.333. The lowest BCUT2D eigenvalue weighted by Crippen LogP contribution is -2.42. The zero-order valence-electron chi connectivity index (χ0n) is 13.5. The summed E-state index contributed by atoms with van der Waals surface area (Å²) in [5, 5.41) is 0. The molecular weight excluding hydrogens is 329 g/mol. The number of benzene rings is 2. The Morgan fingerprint density at radius 3 is 2.58 bits per heavy atom. The van der Waals surface area contributed by atoms with Gasteiger partial charge in [-0.3, -0.25) is 0 Å². The number of sulfonamides is 1. The molecule has 3 rings (SSSR count). The van der Waals surface area contributed by atoms with Crippen LogP contribution in [-0.4, -0.2) is 32.4 Å². The summed E-state index contributed by atoms with van der Waals surface area (Å²) in [6.45, 7) is 2.83. The first-order chi connectivity index (χ1) is 11.5. The number of morpholine rings is 1. The van der Waals surface area contributed by atoms with Crippen molar-refractivity contribution in [2.75, 3.05) is 19.7 Å². The van der Waals surface area contributed by atoms with Crippen molar-refractivity contribution in [3.05, 3.63) is 71.0 Å². The Hall–Kier alpha value is -1.76. The number of rotatable bonds is 4. The predicted molar refractivity (Wildman–Crippen MR) is 90.5 cm³/mol. The van der Waals surface area contributed by atoms with Gasteiger partial charge in [0.1, 0.15) is 5.82 Å². The van der Waals surface area contributed by atoms with Gasteiger partial charge >= 0.3 is 0 Å². The molecule has 1 aliphatic heterocycles. The molecule has 0 spiro atoms. The van der Waals surface area contributed by atoms with Crippen LogP contribution in [0.15, 0.2) is 48.5 Å². The summed E-state index contributed by atoms with van der Waals surface area (Å²) in [5.74, 6) is -0.339. The van der Waals surface area contributed by atoms with Gasteiger partial charge in [0.2, 0.25) is 10.0 Å². The van der Waals surface area contributed by atoms with Gasteiger partial charge in [-0.25, -0.2) is 12.8 Å². The summed E-state index contributed by atoms with van der Waals surface area (Å²) < 4.78 is 45.7. The van der Waals surface area contributed by atoms with Crippen molar-refractivity contribution < 1.29 is 17.5 Å². The zero-order valence-corrected chi connectivity index (χ0v) is 14.3. The molecule has 128 valence electrons. The van der Waals surface area contributed by atoms with Gasteiger partial charge in [-0.15, -0.1) is 0 Å². The number of hydrogen-bond donors (Lipinski definition) is 0. The molecular formula is C18H20FNO3S. The molecule has 4 nitrogen and oxygen atoms in total. The van der Waals surface area contributed by atoms with Crippen LogP contribution in [0.1, 0.15) is 22.8 Å². The minimum atomic E-state index is -3.43. The molecule has 6 heteroatoms. The fourth-order valence-corrected chi connectivity index (χ4v) is 4.43. The van der Waals surface area contributed by atoms with E-state index < -0.39 is 10.0 Å². The van der Waals surface area contributed by atoms with Crippen molar-refractivity contribution >= 4 is 10.0 Å². The maximum Gasteiger partial charge on any atom is 0.218 e. The molecule has 2 aromatic carbocycles. The van der Waals surface area contributed by atoms with E-state index in [2.05, 4.69) is 0 Å². The second kappa shape index (κ2) is 7.01. The summed E-state index contributed by atoms with van der Waals surface area (Å²) in [4.78, 5) is 0. The number of hydrogen-bond acceptors (Lipinski definition) is 3. The molecule has 0 N–H and O–H groups in total. The van der Waals surface area contributed by atoms with Crippen molar-refractivity contribution in [1.82, 2.24) is 4.31 Å². The highest BCUT2D eigenvalue weighted by atomic mass is 32.2. The monoisotopic (exact) mass is 349 g/mol. The lowest BCUT2D eigenvalue weighted by molar-refractivity contribution is -0.00263. The fourth-order valence-electron chi connectivity index (χ4n) is 2.82. The second-order valence-electron chi connectivity index (χ2n) is 5.95. The molecule has 1 saturated heterocycles.